The predicted molar refractivity (Wildman–Crippen MR) is 101 cm³/mol. The molecule has 0 aromatic heterocycles. The number of rotatable bonds is 6. The van der Waals surface area contributed by atoms with E-state index in [4.69, 9.17) is 4.74 Å². The van der Waals surface area contributed by atoms with Crippen LogP contribution in [-0.4, -0.2) is 43.5 Å². The van der Waals surface area contributed by atoms with Gasteiger partial charge in [0.15, 0.2) is 0 Å². The lowest BCUT2D eigenvalue weighted by Crippen LogP contribution is -2.32. The van der Waals surface area contributed by atoms with E-state index in [1.165, 1.54) is 13.2 Å². The van der Waals surface area contributed by atoms with Gasteiger partial charge in [0, 0.05) is 6.54 Å². The van der Waals surface area contributed by atoms with Crippen molar-refractivity contribution in [1.29, 1.82) is 0 Å². The topological polar surface area (TPSA) is 58.6 Å². The number of nitrogens with one attached hydrogen (secondary N) is 1. The second-order valence-corrected chi connectivity index (χ2v) is 6.81. The highest BCUT2D eigenvalue weighted by Gasteiger charge is 2.24. The molecule has 1 heterocycles. The van der Waals surface area contributed by atoms with Gasteiger partial charge in [-0.05, 0) is 55.1 Å². The van der Waals surface area contributed by atoms with Gasteiger partial charge in [0.2, 0.25) is 5.91 Å². The Morgan fingerprint density at radius 1 is 1.22 bits per heavy atom. The number of anilines is 1. The van der Waals surface area contributed by atoms with Crippen molar-refractivity contribution in [3.8, 4) is 0 Å². The van der Waals surface area contributed by atoms with Gasteiger partial charge >= 0.3 is 5.97 Å². The number of hydrogen-bond donors (Lipinski definition) is 1. The molecule has 1 aliphatic heterocycles. The molecule has 1 N–H and O–H groups in total. The number of hydrogen-bond acceptors (Lipinski definition) is 4. The fourth-order valence-corrected chi connectivity index (χ4v) is 3.45. The van der Waals surface area contributed by atoms with E-state index >= 15 is 0 Å². The van der Waals surface area contributed by atoms with Crippen LogP contribution in [0.25, 0.3) is 0 Å². The first-order chi connectivity index (χ1) is 13.0. The molecule has 1 fully saturated rings. The largest absolute Gasteiger partial charge is 0.465 e. The van der Waals surface area contributed by atoms with E-state index in [-0.39, 0.29) is 24.1 Å². The number of benzene rings is 2. The van der Waals surface area contributed by atoms with E-state index in [1.807, 2.05) is 18.2 Å². The first kappa shape index (κ1) is 19.0. The minimum Gasteiger partial charge on any atom is -0.465 e. The van der Waals surface area contributed by atoms with Gasteiger partial charge in [-0.3, -0.25) is 9.69 Å². The van der Waals surface area contributed by atoms with Crippen LogP contribution in [0.15, 0.2) is 48.5 Å². The first-order valence-corrected chi connectivity index (χ1v) is 8.99. The van der Waals surface area contributed by atoms with Crippen molar-refractivity contribution in [3.63, 3.8) is 0 Å². The molecule has 0 radical (unpaired) electrons. The van der Waals surface area contributed by atoms with Crippen molar-refractivity contribution in [3.05, 3.63) is 65.5 Å². The summed E-state index contributed by atoms with van der Waals surface area (Å²) in [5.74, 6) is -0.571. The zero-order chi connectivity index (χ0) is 19.2. The summed E-state index contributed by atoms with van der Waals surface area (Å²) in [6.07, 6.45) is 1.83. The van der Waals surface area contributed by atoms with E-state index in [9.17, 15) is 14.0 Å². The third-order valence-electron chi connectivity index (χ3n) is 4.76. The third kappa shape index (κ3) is 5.14. The van der Waals surface area contributed by atoms with Crippen molar-refractivity contribution in [2.45, 2.75) is 12.8 Å². The lowest BCUT2D eigenvalue weighted by Gasteiger charge is -2.16. The molecule has 1 atom stereocenters. The molecule has 6 heteroatoms. The van der Waals surface area contributed by atoms with Gasteiger partial charge in [-0.25, -0.2) is 9.18 Å². The quantitative estimate of drug-likeness (QED) is 0.794. The fraction of sp³-hybridized carbons (Fsp3) is 0.333. The minimum absolute atomic E-state index is 0.206. The van der Waals surface area contributed by atoms with Crippen LogP contribution in [0.2, 0.25) is 0 Å². The second-order valence-electron chi connectivity index (χ2n) is 6.81. The summed E-state index contributed by atoms with van der Waals surface area (Å²) in [5.41, 5.74) is 1.84. The molecule has 1 saturated heterocycles. The van der Waals surface area contributed by atoms with Crippen LogP contribution in [0.4, 0.5) is 10.1 Å². The number of ether oxygens (including phenoxy) is 1. The molecule has 0 aliphatic carbocycles. The molecule has 3 rings (SSSR count). The maximum absolute atomic E-state index is 13.6. The molecule has 142 valence electrons. The average Bonchev–Trinajstić information content (AvgIpc) is 3.09. The second kappa shape index (κ2) is 8.77. The van der Waals surface area contributed by atoms with Crippen LogP contribution >= 0.6 is 0 Å². The molecule has 2 aromatic carbocycles. The molecule has 1 aliphatic rings. The lowest BCUT2D eigenvalue weighted by atomic mass is 9.97. The van der Waals surface area contributed by atoms with Crippen LogP contribution in [0, 0.1) is 11.7 Å². The van der Waals surface area contributed by atoms with Crippen LogP contribution in [0.1, 0.15) is 22.3 Å². The molecule has 27 heavy (non-hydrogen) atoms. The number of amides is 1. The van der Waals surface area contributed by atoms with Gasteiger partial charge < -0.3 is 10.1 Å². The van der Waals surface area contributed by atoms with Crippen molar-refractivity contribution < 1.29 is 18.7 Å². The van der Waals surface area contributed by atoms with E-state index in [1.54, 1.807) is 24.3 Å². The zero-order valence-electron chi connectivity index (χ0n) is 15.3. The number of carbonyl (C=O) groups is 2. The maximum Gasteiger partial charge on any atom is 0.337 e. The SMILES string of the molecule is COC(=O)c1cccc(CC2CCN(CC(=O)Nc3ccccc3F)C2)c1. The number of nitrogens with zero attached hydrogens (tertiary/aromatic N) is 1. The summed E-state index contributed by atoms with van der Waals surface area (Å²) >= 11 is 0. The highest BCUT2D eigenvalue weighted by Crippen LogP contribution is 2.22. The smallest absolute Gasteiger partial charge is 0.337 e. The summed E-state index contributed by atoms with van der Waals surface area (Å²) in [5, 5.41) is 2.62. The van der Waals surface area contributed by atoms with Crippen LogP contribution in [-0.2, 0) is 16.0 Å². The van der Waals surface area contributed by atoms with Gasteiger partial charge in [-0.1, -0.05) is 24.3 Å². The van der Waals surface area contributed by atoms with Crippen LogP contribution in [0.5, 0.6) is 0 Å². The normalized spacial score (nSPS) is 16.9. The number of likely N-dealkylation sites (tertiary alicyclic amines) is 1. The Hall–Kier alpha value is -2.73. The summed E-state index contributed by atoms with van der Waals surface area (Å²) < 4.78 is 18.4. The van der Waals surface area contributed by atoms with E-state index in [0.29, 0.717) is 11.5 Å². The van der Waals surface area contributed by atoms with Crippen molar-refractivity contribution in [2.75, 3.05) is 32.1 Å². The minimum atomic E-state index is -0.435. The average molecular weight is 370 g/mol. The Bertz CT molecular complexity index is 825. The summed E-state index contributed by atoms with van der Waals surface area (Å²) in [6.45, 7) is 1.87. The molecule has 5 nitrogen and oxygen atoms in total. The molecule has 0 bridgehead atoms. The zero-order valence-corrected chi connectivity index (χ0v) is 15.3. The van der Waals surface area contributed by atoms with Crippen molar-refractivity contribution in [1.82, 2.24) is 4.90 Å². The third-order valence-corrected chi connectivity index (χ3v) is 4.76. The molecule has 0 spiro atoms. The van der Waals surface area contributed by atoms with Gasteiger partial charge in [0.1, 0.15) is 5.82 Å². The Balaban J connectivity index is 1.51. The fourth-order valence-electron chi connectivity index (χ4n) is 3.45. The maximum atomic E-state index is 13.6. The summed E-state index contributed by atoms with van der Waals surface area (Å²) in [4.78, 5) is 25.9. The highest BCUT2D eigenvalue weighted by molar-refractivity contribution is 5.92. The Morgan fingerprint density at radius 3 is 2.81 bits per heavy atom. The van der Waals surface area contributed by atoms with Gasteiger partial charge in [-0.15, -0.1) is 0 Å². The van der Waals surface area contributed by atoms with E-state index < -0.39 is 5.82 Å². The monoisotopic (exact) mass is 370 g/mol. The molecular weight excluding hydrogens is 347 g/mol. The number of methoxy groups -OCH3 is 1. The van der Waals surface area contributed by atoms with Crippen LogP contribution < -0.4 is 5.32 Å². The molecule has 1 unspecified atom stereocenters. The van der Waals surface area contributed by atoms with E-state index in [2.05, 4.69) is 10.2 Å². The first-order valence-electron chi connectivity index (χ1n) is 8.99. The molecule has 0 saturated carbocycles. The van der Waals surface area contributed by atoms with Crippen LogP contribution in [0.3, 0.4) is 0 Å². The Morgan fingerprint density at radius 2 is 2.04 bits per heavy atom. The summed E-state index contributed by atoms with van der Waals surface area (Å²) in [7, 11) is 1.37. The number of carbonyl (C=O) groups excluding carboxylic acids is 2. The van der Waals surface area contributed by atoms with Gasteiger partial charge in [-0.2, -0.15) is 0 Å². The highest BCUT2D eigenvalue weighted by atomic mass is 19.1. The summed E-state index contributed by atoms with van der Waals surface area (Å²) in [6, 6.07) is 13.6. The Labute approximate surface area is 158 Å². The Kier molecular flexibility index (Phi) is 6.19. The van der Waals surface area contributed by atoms with Crippen molar-refractivity contribution in [2.24, 2.45) is 5.92 Å². The number of halogens is 1. The molecular formula is C21H23FN2O3. The number of para-hydroxylation sites is 1. The molecule has 1 amide bonds. The van der Waals surface area contributed by atoms with E-state index in [0.717, 1.165) is 31.5 Å². The lowest BCUT2D eigenvalue weighted by molar-refractivity contribution is -0.117. The van der Waals surface area contributed by atoms with Crippen molar-refractivity contribution >= 4 is 17.6 Å². The number of esters is 1. The van der Waals surface area contributed by atoms with Gasteiger partial charge in [0.25, 0.3) is 0 Å². The standard InChI is InChI=1S/C21H23FN2O3/c1-27-21(26)17-6-4-5-15(12-17)11-16-9-10-24(13-16)14-20(25)23-19-8-3-2-7-18(19)22/h2-8,12,16H,9-11,13-14H2,1H3,(H,23,25). The van der Waals surface area contributed by atoms with Gasteiger partial charge in [0.05, 0.1) is 24.9 Å². The predicted octanol–water partition coefficient (Wildman–Crippen LogP) is 3.12. The molecule has 2 aromatic rings.